The van der Waals surface area contributed by atoms with Crippen molar-refractivity contribution in [2.24, 2.45) is 0 Å². The van der Waals surface area contributed by atoms with Crippen LogP contribution in [0.4, 0.5) is 0 Å². The molecule has 0 amide bonds. The first-order chi connectivity index (χ1) is 7.02. The molecular weight excluding hydrogens is 188 g/mol. The van der Waals surface area contributed by atoms with Crippen molar-refractivity contribution in [2.75, 3.05) is 7.11 Å². The zero-order valence-corrected chi connectivity index (χ0v) is 9.58. The number of hydrogen-bond donors (Lipinski definition) is 1. The predicted molar refractivity (Wildman–Crippen MR) is 60.2 cm³/mol. The van der Waals surface area contributed by atoms with E-state index in [2.05, 4.69) is 6.07 Å². The molecule has 1 aromatic rings. The van der Waals surface area contributed by atoms with Gasteiger partial charge in [-0.3, -0.25) is 0 Å². The quantitative estimate of drug-likeness (QED) is 0.824. The Balaban J connectivity index is 2.38. The molecule has 0 spiro atoms. The lowest BCUT2D eigenvalue weighted by Crippen LogP contribution is -2.15. The Labute approximate surface area is 90.9 Å². The van der Waals surface area contributed by atoms with Gasteiger partial charge in [-0.25, -0.2) is 0 Å². The largest absolute Gasteiger partial charge is 0.496 e. The molecule has 0 atom stereocenters. The Morgan fingerprint density at radius 2 is 2.00 bits per heavy atom. The van der Waals surface area contributed by atoms with Crippen molar-refractivity contribution in [1.82, 2.24) is 0 Å². The Morgan fingerprint density at radius 1 is 1.33 bits per heavy atom. The zero-order valence-electron chi connectivity index (χ0n) is 9.58. The Bertz CT molecular complexity index is 359. The normalized spacial score (nSPS) is 16.5. The number of rotatable bonds is 3. The second kappa shape index (κ2) is 3.53. The molecular formula is C13H18O2. The Hall–Kier alpha value is -1.02. The first kappa shape index (κ1) is 10.5. The van der Waals surface area contributed by atoms with Crippen LogP contribution in [0, 0.1) is 0 Å². The van der Waals surface area contributed by atoms with Crippen LogP contribution in [-0.2, 0) is 5.60 Å². The van der Waals surface area contributed by atoms with Crippen LogP contribution >= 0.6 is 0 Å². The van der Waals surface area contributed by atoms with Crippen LogP contribution in [0.2, 0.25) is 0 Å². The van der Waals surface area contributed by atoms with Crippen LogP contribution in [0.25, 0.3) is 0 Å². The lowest BCUT2D eigenvalue weighted by atomic mass is 9.95. The van der Waals surface area contributed by atoms with E-state index in [1.54, 1.807) is 21.0 Å². The van der Waals surface area contributed by atoms with Crippen molar-refractivity contribution in [1.29, 1.82) is 0 Å². The molecule has 0 saturated heterocycles. The fourth-order valence-electron chi connectivity index (χ4n) is 1.82. The summed E-state index contributed by atoms with van der Waals surface area (Å²) in [5.74, 6) is 1.59. The van der Waals surface area contributed by atoms with Crippen LogP contribution in [0.1, 0.15) is 43.7 Å². The van der Waals surface area contributed by atoms with E-state index >= 15 is 0 Å². The maximum atomic E-state index is 9.90. The lowest BCUT2D eigenvalue weighted by Gasteiger charge is -2.19. The summed E-state index contributed by atoms with van der Waals surface area (Å²) in [7, 11) is 1.69. The third kappa shape index (κ3) is 2.15. The van der Waals surface area contributed by atoms with E-state index < -0.39 is 5.60 Å². The molecule has 1 fully saturated rings. The lowest BCUT2D eigenvalue weighted by molar-refractivity contribution is 0.0783. The summed E-state index contributed by atoms with van der Waals surface area (Å²) in [4.78, 5) is 0. The van der Waals surface area contributed by atoms with E-state index in [-0.39, 0.29) is 0 Å². The zero-order chi connectivity index (χ0) is 11.1. The molecule has 2 nitrogen and oxygen atoms in total. The van der Waals surface area contributed by atoms with Gasteiger partial charge in [0.2, 0.25) is 0 Å². The van der Waals surface area contributed by atoms with Gasteiger partial charge in [0.05, 0.1) is 12.7 Å². The molecule has 0 radical (unpaired) electrons. The minimum atomic E-state index is -0.796. The van der Waals surface area contributed by atoms with Crippen molar-refractivity contribution >= 4 is 0 Å². The summed E-state index contributed by atoms with van der Waals surface area (Å²) in [5, 5.41) is 9.90. The van der Waals surface area contributed by atoms with Crippen LogP contribution in [0.15, 0.2) is 18.2 Å². The highest BCUT2D eigenvalue weighted by atomic mass is 16.5. The monoisotopic (exact) mass is 206 g/mol. The highest BCUT2D eigenvalue weighted by Gasteiger charge is 2.27. The summed E-state index contributed by atoms with van der Waals surface area (Å²) in [6.07, 6.45) is 2.52. The predicted octanol–water partition coefficient (Wildman–Crippen LogP) is 2.80. The van der Waals surface area contributed by atoms with E-state index in [1.807, 2.05) is 12.1 Å². The van der Waals surface area contributed by atoms with Crippen molar-refractivity contribution in [3.8, 4) is 5.75 Å². The number of aliphatic hydroxyl groups is 1. The maximum absolute atomic E-state index is 9.90. The van der Waals surface area contributed by atoms with Gasteiger partial charge >= 0.3 is 0 Å². The maximum Gasteiger partial charge on any atom is 0.122 e. The molecule has 0 unspecified atom stereocenters. The van der Waals surface area contributed by atoms with Gasteiger partial charge in [0, 0.05) is 0 Å². The average Bonchev–Trinajstić information content (AvgIpc) is 2.98. The SMILES string of the molecule is COc1cc(C(C)(C)O)ccc1C1CC1. The highest BCUT2D eigenvalue weighted by Crippen LogP contribution is 2.45. The number of hydrogen-bond acceptors (Lipinski definition) is 2. The Morgan fingerprint density at radius 3 is 2.47 bits per heavy atom. The number of methoxy groups -OCH3 is 1. The fraction of sp³-hybridized carbons (Fsp3) is 0.538. The van der Waals surface area contributed by atoms with Gasteiger partial charge in [0.1, 0.15) is 5.75 Å². The van der Waals surface area contributed by atoms with E-state index in [4.69, 9.17) is 4.74 Å². The summed E-state index contributed by atoms with van der Waals surface area (Å²) in [5.41, 5.74) is 1.39. The molecule has 0 bridgehead atoms. The molecule has 0 heterocycles. The standard InChI is InChI=1S/C13H18O2/c1-13(2,14)10-6-7-11(9-4-5-9)12(8-10)15-3/h6-9,14H,4-5H2,1-3H3. The molecule has 2 rings (SSSR count). The summed E-state index contributed by atoms with van der Waals surface area (Å²) < 4.78 is 5.37. The smallest absolute Gasteiger partial charge is 0.122 e. The van der Waals surface area contributed by atoms with Crippen LogP contribution < -0.4 is 4.74 Å². The van der Waals surface area contributed by atoms with Gasteiger partial charge in [-0.15, -0.1) is 0 Å². The molecule has 1 aliphatic carbocycles. The second-order valence-corrected chi connectivity index (χ2v) is 4.79. The highest BCUT2D eigenvalue weighted by molar-refractivity contribution is 5.43. The van der Waals surface area contributed by atoms with Gasteiger partial charge in [-0.05, 0) is 49.8 Å². The Kier molecular flexibility index (Phi) is 2.47. The van der Waals surface area contributed by atoms with Crippen molar-refractivity contribution in [3.05, 3.63) is 29.3 Å². The first-order valence-corrected chi connectivity index (χ1v) is 5.43. The van der Waals surface area contributed by atoms with Gasteiger partial charge in [0.15, 0.2) is 0 Å². The van der Waals surface area contributed by atoms with Gasteiger partial charge in [-0.1, -0.05) is 12.1 Å². The first-order valence-electron chi connectivity index (χ1n) is 5.43. The van der Waals surface area contributed by atoms with E-state index in [9.17, 15) is 5.11 Å². The molecule has 1 N–H and O–H groups in total. The average molecular weight is 206 g/mol. The molecule has 1 saturated carbocycles. The van der Waals surface area contributed by atoms with E-state index in [1.165, 1.54) is 18.4 Å². The third-order valence-electron chi connectivity index (χ3n) is 2.96. The summed E-state index contributed by atoms with van der Waals surface area (Å²) in [6, 6.07) is 6.04. The summed E-state index contributed by atoms with van der Waals surface area (Å²) in [6.45, 7) is 3.58. The van der Waals surface area contributed by atoms with Crippen molar-refractivity contribution in [2.45, 2.75) is 38.2 Å². The molecule has 1 aromatic carbocycles. The molecule has 2 heteroatoms. The summed E-state index contributed by atoms with van der Waals surface area (Å²) >= 11 is 0. The molecule has 0 aromatic heterocycles. The third-order valence-corrected chi connectivity index (χ3v) is 2.96. The van der Waals surface area contributed by atoms with Crippen LogP contribution in [0.3, 0.4) is 0 Å². The second-order valence-electron chi connectivity index (χ2n) is 4.79. The molecule has 0 aliphatic heterocycles. The van der Waals surface area contributed by atoms with Crippen molar-refractivity contribution < 1.29 is 9.84 Å². The van der Waals surface area contributed by atoms with Gasteiger partial charge in [0.25, 0.3) is 0 Å². The molecule has 82 valence electrons. The van der Waals surface area contributed by atoms with Crippen LogP contribution in [-0.4, -0.2) is 12.2 Å². The van der Waals surface area contributed by atoms with E-state index in [0.717, 1.165) is 11.3 Å². The van der Waals surface area contributed by atoms with E-state index in [0.29, 0.717) is 5.92 Å². The van der Waals surface area contributed by atoms with Crippen molar-refractivity contribution in [3.63, 3.8) is 0 Å². The minimum Gasteiger partial charge on any atom is -0.496 e. The minimum absolute atomic E-state index is 0.677. The molecule has 1 aliphatic rings. The fourth-order valence-corrected chi connectivity index (χ4v) is 1.82. The number of benzene rings is 1. The van der Waals surface area contributed by atoms with Gasteiger partial charge < -0.3 is 9.84 Å². The topological polar surface area (TPSA) is 29.5 Å². The molecule has 15 heavy (non-hydrogen) atoms. The van der Waals surface area contributed by atoms with Gasteiger partial charge in [-0.2, -0.15) is 0 Å². The number of ether oxygens (including phenoxy) is 1. The van der Waals surface area contributed by atoms with Crippen LogP contribution in [0.5, 0.6) is 5.75 Å².